The molecule has 2 aromatic rings. The summed E-state index contributed by atoms with van der Waals surface area (Å²) >= 11 is 1.07. The third kappa shape index (κ3) is 3.02. The maximum absolute atomic E-state index is 12.8. The van der Waals surface area contributed by atoms with Crippen LogP contribution in [0, 0.1) is 0 Å². The summed E-state index contributed by atoms with van der Waals surface area (Å²) in [6.45, 7) is 1.14. The van der Waals surface area contributed by atoms with E-state index in [0.29, 0.717) is 31.5 Å². The number of carbonyl (C=O) groups excluding carboxylic acids is 3. The second-order valence-electron chi connectivity index (χ2n) is 6.40. The average molecular weight is 354 g/mol. The van der Waals surface area contributed by atoms with Crippen LogP contribution in [0.15, 0.2) is 42.5 Å². The molecule has 0 atom stereocenters. The second kappa shape index (κ2) is 6.52. The van der Waals surface area contributed by atoms with Crippen molar-refractivity contribution in [3.8, 4) is 0 Å². The Hall–Kier alpha value is -2.34. The Balaban J connectivity index is 1.45. The summed E-state index contributed by atoms with van der Waals surface area (Å²) in [4.78, 5) is 39.7. The predicted molar refractivity (Wildman–Crippen MR) is 97.6 cm³/mol. The third-order valence-corrected chi connectivity index (χ3v) is 5.73. The Morgan fingerprint density at radius 2 is 1.72 bits per heavy atom. The Bertz CT molecular complexity index is 843. The van der Waals surface area contributed by atoms with E-state index < -0.39 is 0 Å². The van der Waals surface area contributed by atoms with Crippen LogP contribution < -0.4 is 0 Å². The summed E-state index contributed by atoms with van der Waals surface area (Å²) in [6.07, 6.45) is 1.30. The van der Waals surface area contributed by atoms with Gasteiger partial charge in [0.15, 0.2) is 0 Å². The number of likely N-dealkylation sites (tertiary alicyclic amines) is 1. The van der Waals surface area contributed by atoms with Crippen molar-refractivity contribution in [1.82, 2.24) is 9.80 Å². The third-order valence-electron chi connectivity index (χ3n) is 4.90. The van der Waals surface area contributed by atoms with Crippen LogP contribution in [0.1, 0.15) is 23.2 Å². The van der Waals surface area contributed by atoms with Crippen LogP contribution in [0.3, 0.4) is 0 Å². The Kier molecular flexibility index (Phi) is 4.21. The van der Waals surface area contributed by atoms with Gasteiger partial charge in [-0.15, -0.1) is 0 Å². The predicted octanol–water partition coefficient (Wildman–Crippen LogP) is 3.14. The van der Waals surface area contributed by atoms with Crippen molar-refractivity contribution >= 4 is 39.6 Å². The molecule has 0 unspecified atom stereocenters. The number of carbonyl (C=O) groups is 3. The summed E-state index contributed by atoms with van der Waals surface area (Å²) in [5.74, 6) is 0.154. The molecule has 0 bridgehead atoms. The molecule has 2 saturated heterocycles. The van der Waals surface area contributed by atoms with E-state index in [4.69, 9.17) is 0 Å². The van der Waals surface area contributed by atoms with Gasteiger partial charge in [-0.2, -0.15) is 0 Å². The van der Waals surface area contributed by atoms with Crippen LogP contribution >= 0.6 is 11.8 Å². The van der Waals surface area contributed by atoms with Crippen molar-refractivity contribution < 1.29 is 14.4 Å². The molecule has 2 heterocycles. The van der Waals surface area contributed by atoms with E-state index in [1.807, 2.05) is 47.4 Å². The number of amides is 3. The first kappa shape index (κ1) is 16.1. The highest BCUT2D eigenvalue weighted by Crippen LogP contribution is 2.27. The quantitative estimate of drug-likeness (QED) is 0.831. The van der Waals surface area contributed by atoms with Crippen molar-refractivity contribution in [3.63, 3.8) is 0 Å². The lowest BCUT2D eigenvalue weighted by molar-refractivity contribution is -0.126. The molecule has 0 N–H and O–H groups in total. The molecule has 6 heteroatoms. The number of hydrogen-bond donors (Lipinski definition) is 0. The van der Waals surface area contributed by atoms with Gasteiger partial charge in [-0.05, 0) is 35.7 Å². The molecule has 2 aliphatic heterocycles. The van der Waals surface area contributed by atoms with E-state index in [9.17, 15) is 14.4 Å². The van der Waals surface area contributed by atoms with Crippen molar-refractivity contribution in [1.29, 1.82) is 0 Å². The van der Waals surface area contributed by atoms with Gasteiger partial charge in [0.1, 0.15) is 0 Å². The lowest BCUT2D eigenvalue weighted by Gasteiger charge is -2.35. The lowest BCUT2D eigenvalue weighted by atomic mass is 10.0. The number of thioether (sulfide) groups is 1. The normalized spacial score (nSPS) is 19.0. The molecule has 25 heavy (non-hydrogen) atoms. The highest BCUT2D eigenvalue weighted by Gasteiger charge is 2.38. The maximum Gasteiger partial charge on any atom is 0.289 e. The molecule has 5 nitrogen and oxygen atoms in total. The summed E-state index contributed by atoms with van der Waals surface area (Å²) in [5, 5.41) is 2.01. The van der Waals surface area contributed by atoms with Crippen LogP contribution in [-0.2, 0) is 4.79 Å². The first-order valence-corrected chi connectivity index (χ1v) is 9.39. The van der Waals surface area contributed by atoms with Crippen LogP contribution in [0.4, 0.5) is 4.79 Å². The fourth-order valence-electron chi connectivity index (χ4n) is 3.55. The molecule has 2 fully saturated rings. The summed E-state index contributed by atoms with van der Waals surface area (Å²) in [7, 11) is 0. The van der Waals surface area contributed by atoms with Gasteiger partial charge in [0.2, 0.25) is 5.91 Å². The fraction of sp³-hybridized carbons (Fsp3) is 0.316. The molecule has 2 aromatic carbocycles. The summed E-state index contributed by atoms with van der Waals surface area (Å²) < 4.78 is 0. The molecule has 0 aliphatic carbocycles. The van der Waals surface area contributed by atoms with E-state index in [0.717, 1.165) is 22.5 Å². The van der Waals surface area contributed by atoms with Crippen LogP contribution in [0.2, 0.25) is 0 Å². The van der Waals surface area contributed by atoms with Gasteiger partial charge < -0.3 is 4.90 Å². The molecule has 0 aromatic heterocycles. The number of hydrogen-bond acceptors (Lipinski definition) is 4. The molecular weight excluding hydrogens is 336 g/mol. The number of rotatable bonds is 2. The zero-order valence-electron chi connectivity index (χ0n) is 13.7. The van der Waals surface area contributed by atoms with E-state index in [2.05, 4.69) is 0 Å². The van der Waals surface area contributed by atoms with Crippen molar-refractivity contribution in [2.75, 3.05) is 18.8 Å². The first-order valence-electron chi connectivity index (χ1n) is 8.40. The summed E-state index contributed by atoms with van der Waals surface area (Å²) in [6, 6.07) is 13.6. The molecular formula is C19H18N2O3S. The zero-order chi connectivity index (χ0) is 17.4. The number of nitrogens with zero attached hydrogens (tertiary/aromatic N) is 2. The van der Waals surface area contributed by atoms with Crippen molar-refractivity contribution in [2.45, 2.75) is 18.9 Å². The van der Waals surface area contributed by atoms with Gasteiger partial charge in [-0.3, -0.25) is 19.3 Å². The van der Waals surface area contributed by atoms with Gasteiger partial charge in [-0.1, -0.05) is 42.1 Å². The Labute approximate surface area is 150 Å². The van der Waals surface area contributed by atoms with E-state index in [-0.39, 0.29) is 28.8 Å². The van der Waals surface area contributed by atoms with Crippen molar-refractivity contribution in [2.24, 2.45) is 0 Å². The number of piperidine rings is 1. The highest BCUT2D eigenvalue weighted by atomic mass is 32.2. The van der Waals surface area contributed by atoms with Gasteiger partial charge in [-0.25, -0.2) is 0 Å². The minimum absolute atomic E-state index is 0.0117. The van der Waals surface area contributed by atoms with Crippen LogP contribution in [0.25, 0.3) is 10.8 Å². The molecule has 3 amide bonds. The average Bonchev–Trinajstić information content (AvgIpc) is 2.99. The molecule has 4 rings (SSSR count). The smallest absolute Gasteiger partial charge is 0.289 e. The lowest BCUT2D eigenvalue weighted by Crippen LogP contribution is -2.48. The first-order chi connectivity index (χ1) is 12.1. The fourth-order valence-corrected chi connectivity index (χ4v) is 4.33. The highest BCUT2D eigenvalue weighted by molar-refractivity contribution is 8.14. The van der Waals surface area contributed by atoms with Gasteiger partial charge in [0.05, 0.1) is 5.75 Å². The van der Waals surface area contributed by atoms with Crippen molar-refractivity contribution in [3.05, 3.63) is 48.0 Å². The number of benzene rings is 2. The SMILES string of the molecule is O=C(c1ccc2ccccc2c1)N1CCC(N2C(=O)CSC2=O)CC1. The minimum Gasteiger partial charge on any atom is -0.338 e. The standard InChI is InChI=1S/C19H18N2O3S/c22-17-12-25-19(24)21(17)16-7-9-20(10-8-16)18(23)15-6-5-13-3-1-2-4-14(13)11-15/h1-6,11,16H,7-10,12H2. The monoisotopic (exact) mass is 354 g/mol. The molecule has 2 aliphatic rings. The minimum atomic E-state index is -0.149. The molecule has 0 radical (unpaired) electrons. The van der Waals surface area contributed by atoms with Crippen LogP contribution in [0.5, 0.6) is 0 Å². The van der Waals surface area contributed by atoms with E-state index >= 15 is 0 Å². The van der Waals surface area contributed by atoms with Gasteiger partial charge in [0, 0.05) is 24.7 Å². The van der Waals surface area contributed by atoms with E-state index in [1.54, 1.807) is 0 Å². The molecule has 0 saturated carbocycles. The Morgan fingerprint density at radius 3 is 2.40 bits per heavy atom. The Morgan fingerprint density at radius 1 is 1.00 bits per heavy atom. The number of fused-ring (bicyclic) bond motifs is 1. The van der Waals surface area contributed by atoms with Gasteiger partial charge >= 0.3 is 0 Å². The molecule has 0 spiro atoms. The second-order valence-corrected chi connectivity index (χ2v) is 7.33. The topological polar surface area (TPSA) is 57.7 Å². The zero-order valence-corrected chi connectivity index (χ0v) is 14.5. The summed E-state index contributed by atoms with van der Waals surface area (Å²) in [5.41, 5.74) is 0.682. The van der Waals surface area contributed by atoms with Crippen LogP contribution in [-0.4, -0.2) is 51.7 Å². The maximum atomic E-state index is 12.8. The van der Waals surface area contributed by atoms with Gasteiger partial charge in [0.25, 0.3) is 11.1 Å². The van der Waals surface area contributed by atoms with E-state index in [1.165, 1.54) is 4.90 Å². The number of imide groups is 1. The molecule has 128 valence electrons. The largest absolute Gasteiger partial charge is 0.338 e.